The summed E-state index contributed by atoms with van der Waals surface area (Å²) in [6.07, 6.45) is 0. The zero-order valence-corrected chi connectivity index (χ0v) is 30.8. The fourth-order valence-corrected chi connectivity index (χ4v) is 9.88. The zero-order chi connectivity index (χ0) is 36.7. The fraction of sp³-hybridized carbons (Fsp3) is 0. The third-order valence-electron chi connectivity index (χ3n) is 11.2. The van der Waals surface area contributed by atoms with Gasteiger partial charge in [0.25, 0.3) is 0 Å². The molecule has 56 heavy (non-hydrogen) atoms. The van der Waals surface area contributed by atoms with Gasteiger partial charge in [-0.25, -0.2) is 15.0 Å². The van der Waals surface area contributed by atoms with Crippen molar-refractivity contribution in [1.82, 2.24) is 19.5 Å². The molecule has 0 fully saturated rings. The van der Waals surface area contributed by atoms with Crippen LogP contribution in [0.4, 0.5) is 0 Å². The molecule has 260 valence electrons. The second kappa shape index (κ2) is 12.2. The van der Waals surface area contributed by atoms with Crippen molar-refractivity contribution in [3.05, 3.63) is 182 Å². The Bertz CT molecular complexity index is 3550. The van der Waals surface area contributed by atoms with Gasteiger partial charge < -0.3 is 4.57 Å². The van der Waals surface area contributed by atoms with Gasteiger partial charge in [0.2, 0.25) is 0 Å². The molecule has 9 aromatic carbocycles. The maximum Gasteiger partial charge on any atom is 0.166 e. The highest BCUT2D eigenvalue weighted by molar-refractivity contribution is 7.26. The third kappa shape index (κ3) is 4.68. The van der Waals surface area contributed by atoms with Crippen molar-refractivity contribution in [3.63, 3.8) is 0 Å². The van der Waals surface area contributed by atoms with E-state index in [9.17, 15) is 0 Å². The first kappa shape index (κ1) is 31.2. The molecule has 0 aliphatic rings. The Balaban J connectivity index is 1.22. The van der Waals surface area contributed by atoms with Gasteiger partial charge in [-0.1, -0.05) is 146 Å². The first-order chi connectivity index (χ1) is 27.8. The topological polar surface area (TPSA) is 43.6 Å². The lowest BCUT2D eigenvalue weighted by atomic mass is 10.0. The highest BCUT2D eigenvalue weighted by Crippen LogP contribution is 2.43. The zero-order valence-electron chi connectivity index (χ0n) is 30.0. The highest BCUT2D eigenvalue weighted by atomic mass is 32.1. The molecule has 0 atom stereocenters. The van der Waals surface area contributed by atoms with Crippen molar-refractivity contribution in [2.45, 2.75) is 0 Å². The summed E-state index contributed by atoms with van der Waals surface area (Å²) in [6.45, 7) is 0. The first-order valence-corrected chi connectivity index (χ1v) is 19.7. The molecule has 0 radical (unpaired) electrons. The van der Waals surface area contributed by atoms with Crippen molar-refractivity contribution in [3.8, 4) is 39.9 Å². The molecule has 3 heterocycles. The maximum atomic E-state index is 5.50. The summed E-state index contributed by atoms with van der Waals surface area (Å²) in [6, 6.07) is 65.0. The van der Waals surface area contributed by atoms with Crippen LogP contribution < -0.4 is 0 Å². The summed E-state index contributed by atoms with van der Waals surface area (Å²) in [5.41, 5.74) is 6.23. The average Bonchev–Trinajstić information content (AvgIpc) is 3.80. The molecule has 0 saturated carbocycles. The molecule has 0 aliphatic carbocycles. The Labute approximate surface area is 325 Å². The van der Waals surface area contributed by atoms with Crippen molar-refractivity contribution in [2.24, 2.45) is 0 Å². The van der Waals surface area contributed by atoms with E-state index in [1.807, 2.05) is 0 Å². The van der Waals surface area contributed by atoms with E-state index in [1.165, 1.54) is 41.7 Å². The Morgan fingerprint density at radius 2 is 0.929 bits per heavy atom. The Morgan fingerprint density at radius 1 is 0.357 bits per heavy atom. The van der Waals surface area contributed by atoms with Crippen LogP contribution in [0.1, 0.15) is 0 Å². The maximum absolute atomic E-state index is 5.50. The molecule has 4 nitrogen and oxygen atoms in total. The van der Waals surface area contributed by atoms with E-state index in [4.69, 9.17) is 15.0 Å². The van der Waals surface area contributed by atoms with Gasteiger partial charge in [0.15, 0.2) is 17.5 Å². The monoisotopic (exact) mass is 730 g/mol. The lowest BCUT2D eigenvalue weighted by Crippen LogP contribution is -2.04. The number of benzene rings is 9. The van der Waals surface area contributed by atoms with Gasteiger partial charge in [-0.2, -0.15) is 0 Å². The number of thiophene rings is 1. The molecule has 0 N–H and O–H groups in total. The summed E-state index contributed by atoms with van der Waals surface area (Å²) in [5.74, 6) is 1.93. The SMILES string of the molecule is c1ccc2cc3c(cc2c1)c1ccccc1n3-c1ccc2ccccc2c1-c1nc(-c2cccc3ccccc23)nc(-c2cccc3c2sc2ccccc23)n1. The number of hydrogen-bond acceptors (Lipinski definition) is 4. The van der Waals surface area contributed by atoms with Gasteiger partial charge in [-0.3, -0.25) is 0 Å². The van der Waals surface area contributed by atoms with Crippen molar-refractivity contribution >= 4 is 85.6 Å². The summed E-state index contributed by atoms with van der Waals surface area (Å²) in [7, 11) is 0. The van der Waals surface area contributed by atoms with Gasteiger partial charge in [-0.05, 0) is 68.7 Å². The largest absolute Gasteiger partial charge is 0.308 e. The molecule has 12 rings (SSSR count). The number of rotatable bonds is 4. The molecule has 0 amide bonds. The van der Waals surface area contributed by atoms with Crippen LogP contribution in [0.2, 0.25) is 0 Å². The third-order valence-corrected chi connectivity index (χ3v) is 12.4. The molecule has 12 aromatic rings. The number of hydrogen-bond donors (Lipinski definition) is 0. The van der Waals surface area contributed by atoms with Gasteiger partial charge in [0.05, 0.1) is 22.3 Å². The number of para-hydroxylation sites is 1. The minimum absolute atomic E-state index is 0.634. The van der Waals surface area contributed by atoms with Crippen LogP contribution in [0.3, 0.4) is 0 Å². The molecular weight excluding hydrogens is 701 g/mol. The second-order valence-corrected chi connectivity index (χ2v) is 15.4. The Hall–Kier alpha value is -7.21. The minimum Gasteiger partial charge on any atom is -0.308 e. The van der Waals surface area contributed by atoms with Gasteiger partial charge >= 0.3 is 0 Å². The van der Waals surface area contributed by atoms with Gasteiger partial charge in [-0.15, -0.1) is 11.3 Å². The number of fused-ring (bicyclic) bond motifs is 9. The molecule has 0 aliphatic heterocycles. The van der Waals surface area contributed by atoms with Crippen molar-refractivity contribution in [1.29, 1.82) is 0 Å². The average molecular weight is 731 g/mol. The van der Waals surface area contributed by atoms with E-state index in [0.29, 0.717) is 17.5 Å². The highest BCUT2D eigenvalue weighted by Gasteiger charge is 2.23. The number of aromatic nitrogens is 4. The molecule has 0 saturated heterocycles. The quantitative estimate of drug-likeness (QED) is 0.181. The van der Waals surface area contributed by atoms with Crippen LogP contribution in [-0.2, 0) is 0 Å². The Kier molecular flexibility index (Phi) is 6.76. The number of nitrogens with zero attached hydrogens (tertiary/aromatic N) is 4. The summed E-state index contributed by atoms with van der Waals surface area (Å²) < 4.78 is 4.82. The van der Waals surface area contributed by atoms with E-state index in [-0.39, 0.29) is 0 Å². The van der Waals surface area contributed by atoms with Crippen LogP contribution in [-0.4, -0.2) is 19.5 Å². The van der Waals surface area contributed by atoms with Crippen LogP contribution in [0, 0.1) is 0 Å². The lowest BCUT2D eigenvalue weighted by Gasteiger charge is -2.17. The fourth-order valence-electron chi connectivity index (χ4n) is 8.67. The van der Waals surface area contributed by atoms with E-state index in [0.717, 1.165) is 55.0 Å². The first-order valence-electron chi connectivity index (χ1n) is 18.9. The summed E-state index contributed by atoms with van der Waals surface area (Å²) >= 11 is 1.79. The van der Waals surface area contributed by atoms with Crippen molar-refractivity contribution in [2.75, 3.05) is 0 Å². The standard InChI is InChI=1S/C51H30N4S/c1-2-16-34-30-45-42(29-33(34)15-1)37-20-7-9-25-43(37)55(45)44-28-27-32-14-4-6-19-36(32)47(44)51-53-49(40-23-11-17-31-13-3-5-18-35(31)40)52-50(54-51)41-24-12-22-39-38-21-8-10-26-46(38)56-48(39)41/h1-30H. The minimum atomic E-state index is 0.634. The van der Waals surface area contributed by atoms with Crippen LogP contribution in [0.5, 0.6) is 0 Å². The summed E-state index contributed by atoms with van der Waals surface area (Å²) in [4.78, 5) is 16.3. The molecular formula is C51H30N4S. The second-order valence-electron chi connectivity index (χ2n) is 14.4. The van der Waals surface area contributed by atoms with E-state index in [1.54, 1.807) is 11.3 Å². The van der Waals surface area contributed by atoms with Crippen LogP contribution in [0.25, 0.3) is 114 Å². The van der Waals surface area contributed by atoms with Crippen LogP contribution >= 0.6 is 11.3 Å². The van der Waals surface area contributed by atoms with Crippen LogP contribution in [0.15, 0.2) is 182 Å². The van der Waals surface area contributed by atoms with E-state index in [2.05, 4.69) is 187 Å². The van der Waals surface area contributed by atoms with Gasteiger partial charge in [0, 0.05) is 42.1 Å². The molecule has 0 unspecified atom stereocenters. The molecule has 3 aromatic heterocycles. The Morgan fingerprint density at radius 3 is 1.77 bits per heavy atom. The summed E-state index contributed by atoms with van der Waals surface area (Å²) in [5, 5.41) is 11.7. The van der Waals surface area contributed by atoms with Crippen molar-refractivity contribution < 1.29 is 0 Å². The molecule has 0 bridgehead atoms. The van der Waals surface area contributed by atoms with Gasteiger partial charge in [0.1, 0.15) is 0 Å². The molecule has 5 heteroatoms. The normalized spacial score (nSPS) is 11.9. The molecule has 0 spiro atoms. The predicted molar refractivity (Wildman–Crippen MR) is 236 cm³/mol. The lowest BCUT2D eigenvalue weighted by molar-refractivity contribution is 1.07. The smallest absolute Gasteiger partial charge is 0.166 e. The van der Waals surface area contributed by atoms with E-state index < -0.39 is 0 Å². The predicted octanol–water partition coefficient (Wildman–Crippen LogP) is 13.8. The van der Waals surface area contributed by atoms with E-state index >= 15 is 0 Å².